The number of nitrogens with one attached hydrogen (secondary N) is 1. The Labute approximate surface area is 118 Å². The summed E-state index contributed by atoms with van der Waals surface area (Å²) in [6.07, 6.45) is 2.59. The number of hydrogen-bond acceptors (Lipinski definition) is 2. The van der Waals surface area contributed by atoms with Crippen LogP contribution < -0.4 is 5.32 Å². The minimum atomic E-state index is 0.484. The van der Waals surface area contributed by atoms with Crippen LogP contribution in [0.25, 0.3) is 0 Å². The van der Waals surface area contributed by atoms with E-state index < -0.39 is 0 Å². The Kier molecular flexibility index (Phi) is 4.19. The van der Waals surface area contributed by atoms with Crippen LogP contribution in [0.1, 0.15) is 39.2 Å². The number of rotatable bonds is 4. The molecule has 2 heteroatoms. The summed E-state index contributed by atoms with van der Waals surface area (Å²) in [5, 5.41) is 3.74. The van der Waals surface area contributed by atoms with Crippen LogP contribution in [0.15, 0.2) is 24.3 Å². The molecule has 19 heavy (non-hydrogen) atoms. The third-order valence-electron chi connectivity index (χ3n) is 4.11. The first-order valence-electron chi connectivity index (χ1n) is 7.36. The van der Waals surface area contributed by atoms with Gasteiger partial charge >= 0.3 is 0 Å². The second kappa shape index (κ2) is 5.54. The molecule has 0 radical (unpaired) electrons. The molecule has 0 aliphatic heterocycles. The lowest BCUT2D eigenvalue weighted by atomic mass is 9.91. The quantitative estimate of drug-likeness (QED) is 0.880. The van der Waals surface area contributed by atoms with Gasteiger partial charge in [0.2, 0.25) is 0 Å². The Hall–Kier alpha value is -1.02. The maximum absolute atomic E-state index is 3.74. The van der Waals surface area contributed by atoms with Crippen molar-refractivity contribution in [2.45, 2.75) is 46.2 Å². The van der Waals surface area contributed by atoms with Crippen molar-refractivity contribution in [3.05, 3.63) is 29.8 Å². The van der Waals surface area contributed by atoms with Crippen molar-refractivity contribution >= 4 is 5.69 Å². The lowest BCUT2D eigenvalue weighted by Gasteiger charge is -2.20. The number of anilines is 1. The molecule has 2 unspecified atom stereocenters. The minimum absolute atomic E-state index is 0.484. The van der Waals surface area contributed by atoms with Gasteiger partial charge in [0.1, 0.15) is 0 Å². The molecule has 0 bridgehead atoms. The summed E-state index contributed by atoms with van der Waals surface area (Å²) in [5.41, 5.74) is 3.13. The molecule has 1 aromatic carbocycles. The van der Waals surface area contributed by atoms with Crippen molar-refractivity contribution in [3.8, 4) is 0 Å². The van der Waals surface area contributed by atoms with Crippen LogP contribution in [0.3, 0.4) is 0 Å². The van der Waals surface area contributed by atoms with E-state index in [1.165, 1.54) is 24.1 Å². The highest BCUT2D eigenvalue weighted by Gasteiger charge is 2.36. The molecular formula is C17H28N2. The molecule has 0 heterocycles. The van der Waals surface area contributed by atoms with Gasteiger partial charge in [-0.05, 0) is 56.0 Å². The maximum Gasteiger partial charge on any atom is 0.0345 e. The maximum atomic E-state index is 3.74. The highest BCUT2D eigenvalue weighted by atomic mass is 15.0. The molecule has 2 nitrogen and oxygen atoms in total. The van der Waals surface area contributed by atoms with E-state index in [2.05, 4.69) is 69.3 Å². The molecule has 1 aliphatic rings. The fraction of sp³-hybridized carbons (Fsp3) is 0.647. The van der Waals surface area contributed by atoms with Gasteiger partial charge in [-0.1, -0.05) is 32.9 Å². The Morgan fingerprint density at radius 3 is 2.58 bits per heavy atom. The number of nitrogens with zero attached hydrogens (tertiary/aromatic N) is 1. The molecule has 2 atom stereocenters. The van der Waals surface area contributed by atoms with Gasteiger partial charge in [0.05, 0.1) is 0 Å². The van der Waals surface area contributed by atoms with E-state index in [-0.39, 0.29) is 0 Å². The van der Waals surface area contributed by atoms with Crippen molar-refractivity contribution in [1.82, 2.24) is 4.90 Å². The van der Waals surface area contributed by atoms with E-state index in [1.54, 1.807) is 0 Å². The average molecular weight is 260 g/mol. The van der Waals surface area contributed by atoms with Crippen LogP contribution in [0.2, 0.25) is 0 Å². The van der Waals surface area contributed by atoms with Gasteiger partial charge in [-0.2, -0.15) is 0 Å². The summed E-state index contributed by atoms with van der Waals surface area (Å²) >= 11 is 0. The SMILES string of the molecule is CC1CC(C)(C)CC1Nc1cccc(CN(C)C)c1. The summed E-state index contributed by atoms with van der Waals surface area (Å²) in [6, 6.07) is 9.46. The van der Waals surface area contributed by atoms with Gasteiger partial charge < -0.3 is 10.2 Å². The second-order valence-corrected chi connectivity index (χ2v) is 7.24. The first kappa shape index (κ1) is 14.4. The van der Waals surface area contributed by atoms with Crippen LogP contribution in [0.5, 0.6) is 0 Å². The van der Waals surface area contributed by atoms with E-state index in [0.29, 0.717) is 11.5 Å². The van der Waals surface area contributed by atoms with Crippen molar-refractivity contribution in [1.29, 1.82) is 0 Å². The van der Waals surface area contributed by atoms with Crippen LogP contribution in [0.4, 0.5) is 5.69 Å². The van der Waals surface area contributed by atoms with Gasteiger partial charge in [0, 0.05) is 18.3 Å². The monoisotopic (exact) mass is 260 g/mol. The second-order valence-electron chi connectivity index (χ2n) is 7.24. The average Bonchev–Trinajstić information content (AvgIpc) is 2.51. The smallest absolute Gasteiger partial charge is 0.0345 e. The molecule has 0 aromatic heterocycles. The fourth-order valence-corrected chi connectivity index (χ4v) is 3.43. The highest BCUT2D eigenvalue weighted by Crippen LogP contribution is 2.42. The van der Waals surface area contributed by atoms with Gasteiger partial charge in [0.25, 0.3) is 0 Å². The molecule has 1 saturated carbocycles. The van der Waals surface area contributed by atoms with Crippen LogP contribution in [-0.4, -0.2) is 25.0 Å². The Balaban J connectivity index is 2.03. The largest absolute Gasteiger partial charge is 0.382 e. The first-order valence-corrected chi connectivity index (χ1v) is 7.36. The van der Waals surface area contributed by atoms with Gasteiger partial charge in [-0.3, -0.25) is 0 Å². The molecule has 1 aliphatic carbocycles. The predicted molar refractivity (Wildman–Crippen MR) is 83.4 cm³/mol. The number of hydrogen-bond donors (Lipinski definition) is 1. The molecule has 1 N–H and O–H groups in total. The Morgan fingerprint density at radius 1 is 1.26 bits per heavy atom. The third-order valence-corrected chi connectivity index (χ3v) is 4.11. The lowest BCUT2D eigenvalue weighted by Crippen LogP contribution is -2.22. The van der Waals surface area contributed by atoms with E-state index in [0.717, 1.165) is 12.5 Å². The van der Waals surface area contributed by atoms with Crippen LogP contribution >= 0.6 is 0 Å². The molecule has 1 fully saturated rings. The van der Waals surface area contributed by atoms with Crippen molar-refractivity contribution < 1.29 is 0 Å². The molecule has 0 amide bonds. The summed E-state index contributed by atoms with van der Waals surface area (Å²) in [5.74, 6) is 0.757. The van der Waals surface area contributed by atoms with Gasteiger partial charge in [-0.15, -0.1) is 0 Å². The standard InChI is InChI=1S/C17H28N2/c1-13-10-17(2,3)11-16(13)18-15-8-6-7-14(9-15)12-19(4)5/h6-9,13,16,18H,10-12H2,1-5H3. The van der Waals surface area contributed by atoms with Gasteiger partial charge in [0.15, 0.2) is 0 Å². The molecular weight excluding hydrogens is 232 g/mol. The van der Waals surface area contributed by atoms with Crippen LogP contribution in [-0.2, 0) is 6.54 Å². The van der Waals surface area contributed by atoms with Crippen molar-refractivity contribution in [2.24, 2.45) is 11.3 Å². The Bertz CT molecular complexity index is 423. The van der Waals surface area contributed by atoms with E-state index in [1.807, 2.05) is 0 Å². The zero-order valence-corrected chi connectivity index (χ0v) is 13.0. The predicted octanol–water partition coefficient (Wildman–Crippen LogP) is 3.98. The zero-order valence-electron chi connectivity index (χ0n) is 13.0. The lowest BCUT2D eigenvalue weighted by molar-refractivity contribution is 0.366. The third kappa shape index (κ3) is 3.97. The van der Waals surface area contributed by atoms with E-state index >= 15 is 0 Å². The normalized spacial score (nSPS) is 25.8. The van der Waals surface area contributed by atoms with Crippen molar-refractivity contribution in [2.75, 3.05) is 19.4 Å². The Morgan fingerprint density at radius 2 is 2.00 bits per heavy atom. The van der Waals surface area contributed by atoms with E-state index in [9.17, 15) is 0 Å². The zero-order chi connectivity index (χ0) is 14.0. The summed E-state index contributed by atoms with van der Waals surface area (Å²) in [6.45, 7) is 8.14. The minimum Gasteiger partial charge on any atom is -0.382 e. The highest BCUT2D eigenvalue weighted by molar-refractivity contribution is 5.47. The van der Waals surface area contributed by atoms with E-state index in [4.69, 9.17) is 0 Å². The van der Waals surface area contributed by atoms with Crippen molar-refractivity contribution in [3.63, 3.8) is 0 Å². The van der Waals surface area contributed by atoms with Crippen LogP contribution in [0, 0.1) is 11.3 Å². The molecule has 0 spiro atoms. The summed E-state index contributed by atoms with van der Waals surface area (Å²) in [7, 11) is 4.23. The topological polar surface area (TPSA) is 15.3 Å². The fourth-order valence-electron chi connectivity index (χ4n) is 3.43. The van der Waals surface area contributed by atoms with Gasteiger partial charge in [-0.25, -0.2) is 0 Å². The molecule has 106 valence electrons. The summed E-state index contributed by atoms with van der Waals surface area (Å²) < 4.78 is 0. The summed E-state index contributed by atoms with van der Waals surface area (Å²) in [4.78, 5) is 2.21. The first-order chi connectivity index (χ1) is 8.85. The molecule has 0 saturated heterocycles. The molecule has 1 aromatic rings. The molecule has 2 rings (SSSR count). The number of benzene rings is 1.